The molecule has 1 saturated heterocycles. The molecule has 0 aromatic heterocycles. The van der Waals surface area contributed by atoms with Gasteiger partial charge in [-0.2, -0.15) is 0 Å². The van der Waals surface area contributed by atoms with Gasteiger partial charge in [0, 0.05) is 23.5 Å². The summed E-state index contributed by atoms with van der Waals surface area (Å²) in [5.41, 5.74) is 1.79. The first-order chi connectivity index (χ1) is 7.12. The highest BCUT2D eigenvalue weighted by molar-refractivity contribution is 6.30. The monoisotopic (exact) mass is 223 g/mol. The van der Waals surface area contributed by atoms with Gasteiger partial charge in [0.1, 0.15) is 0 Å². The molecule has 1 nitrogen and oxygen atoms in total. The molecule has 0 unspecified atom stereocenters. The quantitative estimate of drug-likeness (QED) is 0.830. The molecule has 2 heteroatoms. The molecular formula is C13H18ClN. The van der Waals surface area contributed by atoms with E-state index in [2.05, 4.69) is 31.3 Å². The van der Waals surface area contributed by atoms with Crippen LogP contribution in [0.15, 0.2) is 24.3 Å². The van der Waals surface area contributed by atoms with Gasteiger partial charge in [0.25, 0.3) is 0 Å². The Morgan fingerprint density at radius 1 is 1.27 bits per heavy atom. The number of benzene rings is 1. The molecule has 1 heterocycles. The Bertz CT molecular complexity index is 325. The first-order valence-corrected chi connectivity index (χ1v) is 5.97. The van der Waals surface area contributed by atoms with Crippen LogP contribution in [0.5, 0.6) is 0 Å². The van der Waals surface area contributed by atoms with Gasteiger partial charge in [-0.05, 0) is 30.0 Å². The Morgan fingerprint density at radius 3 is 2.27 bits per heavy atom. The summed E-state index contributed by atoms with van der Waals surface area (Å²) in [5, 5.41) is 4.21. The molecule has 82 valence electrons. The van der Waals surface area contributed by atoms with Crippen molar-refractivity contribution in [1.29, 1.82) is 0 Å². The third-order valence-electron chi connectivity index (χ3n) is 3.18. The second-order valence-electron chi connectivity index (χ2n) is 4.99. The first-order valence-electron chi connectivity index (χ1n) is 5.59. The summed E-state index contributed by atoms with van der Waals surface area (Å²) >= 11 is 5.91. The number of rotatable bonds is 3. The van der Waals surface area contributed by atoms with Crippen molar-refractivity contribution in [3.63, 3.8) is 0 Å². The van der Waals surface area contributed by atoms with Crippen LogP contribution in [0.25, 0.3) is 0 Å². The van der Waals surface area contributed by atoms with Crippen LogP contribution in [0.3, 0.4) is 0 Å². The summed E-state index contributed by atoms with van der Waals surface area (Å²) in [6, 6.07) is 8.34. The lowest BCUT2D eigenvalue weighted by atomic mass is 9.70. The van der Waals surface area contributed by atoms with Crippen molar-refractivity contribution >= 4 is 11.6 Å². The average molecular weight is 224 g/mol. The lowest BCUT2D eigenvalue weighted by Gasteiger charge is -2.44. The highest BCUT2D eigenvalue weighted by atomic mass is 35.5. The number of nitrogens with one attached hydrogen (secondary N) is 1. The Morgan fingerprint density at radius 2 is 1.87 bits per heavy atom. The number of hydrogen-bond acceptors (Lipinski definition) is 1. The van der Waals surface area contributed by atoms with Gasteiger partial charge in [0.2, 0.25) is 0 Å². The molecule has 0 spiro atoms. The van der Waals surface area contributed by atoms with Gasteiger partial charge in [0.05, 0.1) is 0 Å². The maximum absolute atomic E-state index is 5.91. The fourth-order valence-corrected chi connectivity index (χ4v) is 2.60. The van der Waals surface area contributed by atoms with Crippen LogP contribution >= 0.6 is 11.6 Å². The Kier molecular flexibility index (Phi) is 3.03. The van der Waals surface area contributed by atoms with Crippen molar-refractivity contribution in [1.82, 2.24) is 5.32 Å². The van der Waals surface area contributed by atoms with Crippen molar-refractivity contribution in [3.05, 3.63) is 34.9 Å². The minimum absolute atomic E-state index is 0.360. The second-order valence-corrected chi connectivity index (χ2v) is 5.43. The van der Waals surface area contributed by atoms with Gasteiger partial charge in [-0.3, -0.25) is 0 Å². The summed E-state index contributed by atoms with van der Waals surface area (Å²) < 4.78 is 0. The van der Waals surface area contributed by atoms with Crippen molar-refractivity contribution in [3.8, 4) is 0 Å². The zero-order valence-electron chi connectivity index (χ0n) is 9.39. The molecule has 1 aromatic rings. The Labute approximate surface area is 96.8 Å². The summed E-state index contributed by atoms with van der Waals surface area (Å²) in [7, 11) is 0. The molecule has 0 amide bonds. The summed E-state index contributed by atoms with van der Waals surface area (Å²) in [6.45, 7) is 6.78. The minimum Gasteiger partial charge on any atom is -0.315 e. The predicted octanol–water partition coefficient (Wildman–Crippen LogP) is 3.23. The standard InChI is InChI=1S/C13H18ClN/c1-10(2)7-13(8-15-9-13)11-3-5-12(14)6-4-11/h3-6,10,15H,7-9H2,1-2H3. The molecule has 0 aliphatic carbocycles. The van der Waals surface area contributed by atoms with Crippen LogP contribution in [-0.2, 0) is 5.41 Å². The molecule has 1 aromatic carbocycles. The van der Waals surface area contributed by atoms with E-state index in [4.69, 9.17) is 11.6 Å². The van der Waals surface area contributed by atoms with Crippen LogP contribution in [-0.4, -0.2) is 13.1 Å². The Hall–Kier alpha value is -0.530. The fourth-order valence-electron chi connectivity index (χ4n) is 2.48. The van der Waals surface area contributed by atoms with Crippen LogP contribution in [0, 0.1) is 5.92 Å². The van der Waals surface area contributed by atoms with E-state index in [-0.39, 0.29) is 0 Å². The molecule has 1 aliphatic rings. The van der Waals surface area contributed by atoms with Gasteiger partial charge in [-0.1, -0.05) is 37.6 Å². The van der Waals surface area contributed by atoms with E-state index < -0.39 is 0 Å². The summed E-state index contributed by atoms with van der Waals surface area (Å²) in [6.07, 6.45) is 1.25. The Balaban J connectivity index is 2.22. The largest absolute Gasteiger partial charge is 0.315 e. The van der Waals surface area contributed by atoms with Crippen LogP contribution in [0.4, 0.5) is 0 Å². The van der Waals surface area contributed by atoms with E-state index in [0.29, 0.717) is 5.41 Å². The molecule has 1 N–H and O–H groups in total. The second kappa shape index (κ2) is 4.15. The maximum atomic E-state index is 5.91. The molecule has 0 atom stereocenters. The summed E-state index contributed by atoms with van der Waals surface area (Å²) in [5.74, 6) is 0.739. The number of halogens is 1. The normalized spacial score (nSPS) is 18.9. The molecule has 2 rings (SSSR count). The third kappa shape index (κ3) is 2.19. The highest BCUT2D eigenvalue weighted by Crippen LogP contribution is 2.35. The highest BCUT2D eigenvalue weighted by Gasteiger charge is 2.38. The van der Waals surface area contributed by atoms with Gasteiger partial charge < -0.3 is 5.32 Å². The lowest BCUT2D eigenvalue weighted by Crippen LogP contribution is -2.57. The summed E-state index contributed by atoms with van der Waals surface area (Å²) in [4.78, 5) is 0. The van der Waals surface area contributed by atoms with E-state index >= 15 is 0 Å². The van der Waals surface area contributed by atoms with E-state index in [1.807, 2.05) is 12.1 Å². The predicted molar refractivity (Wildman–Crippen MR) is 65.5 cm³/mol. The van der Waals surface area contributed by atoms with Crippen molar-refractivity contribution < 1.29 is 0 Å². The minimum atomic E-state index is 0.360. The average Bonchev–Trinajstić information content (AvgIpc) is 2.13. The molecule has 0 bridgehead atoms. The van der Waals surface area contributed by atoms with Gasteiger partial charge in [-0.25, -0.2) is 0 Å². The smallest absolute Gasteiger partial charge is 0.0406 e. The van der Waals surface area contributed by atoms with Crippen LogP contribution in [0.1, 0.15) is 25.8 Å². The van der Waals surface area contributed by atoms with Gasteiger partial charge in [0.15, 0.2) is 0 Å². The molecular weight excluding hydrogens is 206 g/mol. The lowest BCUT2D eigenvalue weighted by molar-refractivity contribution is 0.229. The topological polar surface area (TPSA) is 12.0 Å². The number of hydrogen-bond donors (Lipinski definition) is 1. The van der Waals surface area contributed by atoms with E-state index in [9.17, 15) is 0 Å². The zero-order chi connectivity index (χ0) is 10.9. The first kappa shape index (κ1) is 11.0. The molecule has 1 fully saturated rings. The van der Waals surface area contributed by atoms with E-state index in [1.165, 1.54) is 12.0 Å². The molecule has 0 saturated carbocycles. The third-order valence-corrected chi connectivity index (χ3v) is 3.43. The van der Waals surface area contributed by atoms with Crippen LogP contribution < -0.4 is 5.32 Å². The van der Waals surface area contributed by atoms with Crippen molar-refractivity contribution in [2.24, 2.45) is 5.92 Å². The van der Waals surface area contributed by atoms with Crippen molar-refractivity contribution in [2.45, 2.75) is 25.7 Å². The maximum Gasteiger partial charge on any atom is 0.0406 e. The van der Waals surface area contributed by atoms with Gasteiger partial charge in [-0.15, -0.1) is 0 Å². The zero-order valence-corrected chi connectivity index (χ0v) is 10.1. The molecule has 15 heavy (non-hydrogen) atoms. The molecule has 0 radical (unpaired) electrons. The van der Waals surface area contributed by atoms with E-state index in [1.54, 1.807) is 0 Å². The SMILES string of the molecule is CC(C)CC1(c2ccc(Cl)cc2)CNC1. The van der Waals surface area contributed by atoms with E-state index in [0.717, 1.165) is 24.0 Å². The fraction of sp³-hybridized carbons (Fsp3) is 0.538. The van der Waals surface area contributed by atoms with Gasteiger partial charge >= 0.3 is 0 Å². The van der Waals surface area contributed by atoms with Crippen molar-refractivity contribution in [2.75, 3.05) is 13.1 Å². The van der Waals surface area contributed by atoms with Crippen LogP contribution in [0.2, 0.25) is 5.02 Å². The molecule has 1 aliphatic heterocycles.